The number of hydrogen-bond donors (Lipinski definition) is 1. The van der Waals surface area contributed by atoms with E-state index in [2.05, 4.69) is 23.1 Å². The highest BCUT2D eigenvalue weighted by molar-refractivity contribution is 5.70. The van der Waals surface area contributed by atoms with Gasteiger partial charge in [0, 0.05) is 5.70 Å². The van der Waals surface area contributed by atoms with Crippen molar-refractivity contribution in [2.45, 2.75) is 34.6 Å². The van der Waals surface area contributed by atoms with Crippen molar-refractivity contribution in [2.24, 2.45) is 4.99 Å². The van der Waals surface area contributed by atoms with Crippen molar-refractivity contribution in [2.75, 3.05) is 5.32 Å². The van der Waals surface area contributed by atoms with Crippen LogP contribution in [0.4, 0.5) is 11.4 Å². The number of nitrogens with zero attached hydrogens (tertiary/aromatic N) is 1. The molecule has 2 heteroatoms. The molecule has 0 fully saturated rings. The summed E-state index contributed by atoms with van der Waals surface area (Å²) in [6.45, 7) is 13.6. The maximum atomic E-state index is 4.02. The van der Waals surface area contributed by atoms with Crippen molar-refractivity contribution in [1.29, 1.82) is 0 Å². The van der Waals surface area contributed by atoms with E-state index in [9.17, 15) is 0 Å². The first kappa shape index (κ1) is 16.2. The smallest absolute Gasteiger partial charge is 0.0859 e. The lowest BCUT2D eigenvalue weighted by atomic mass is 10.2. The minimum Gasteiger partial charge on any atom is -0.354 e. The van der Waals surface area contributed by atoms with Gasteiger partial charge in [0.25, 0.3) is 0 Å². The summed E-state index contributed by atoms with van der Waals surface area (Å²) in [7, 11) is 0. The fourth-order valence-electron chi connectivity index (χ4n) is 1.42. The molecular weight excluding hydrogens is 220 g/mol. The molecule has 0 aromatic heterocycles. The average molecular weight is 244 g/mol. The molecular formula is C16H24N2. The second-order valence-corrected chi connectivity index (χ2v) is 3.55. The number of nitrogens with one attached hydrogen (secondary N) is 1. The van der Waals surface area contributed by atoms with Crippen molar-refractivity contribution in [3.05, 3.63) is 47.7 Å². The fraction of sp³-hybridized carbons (Fsp3) is 0.312. The van der Waals surface area contributed by atoms with E-state index in [-0.39, 0.29) is 0 Å². The Hall–Kier alpha value is -1.83. The van der Waals surface area contributed by atoms with Crippen molar-refractivity contribution >= 4 is 18.1 Å². The third kappa shape index (κ3) is 5.00. The summed E-state index contributed by atoms with van der Waals surface area (Å²) in [5, 5.41) is 3.32. The first-order valence-corrected chi connectivity index (χ1v) is 6.34. The Morgan fingerprint density at radius 2 is 1.94 bits per heavy atom. The Bertz CT molecular complexity index is 429. The van der Waals surface area contributed by atoms with Crippen LogP contribution in [0.25, 0.3) is 0 Å². The number of allylic oxidation sites excluding steroid dienone is 3. The maximum Gasteiger partial charge on any atom is 0.0859 e. The van der Waals surface area contributed by atoms with E-state index in [1.54, 1.807) is 0 Å². The van der Waals surface area contributed by atoms with E-state index in [1.165, 1.54) is 5.56 Å². The Morgan fingerprint density at radius 3 is 2.44 bits per heavy atom. The summed E-state index contributed by atoms with van der Waals surface area (Å²) >= 11 is 0. The molecule has 0 unspecified atom stereocenters. The first-order chi connectivity index (χ1) is 8.71. The Balaban J connectivity index is 0.00000137. The molecule has 1 rings (SSSR count). The lowest BCUT2D eigenvalue weighted by molar-refractivity contribution is 1.38. The number of benzene rings is 1. The second kappa shape index (κ2) is 9.23. The number of rotatable bonds is 4. The van der Waals surface area contributed by atoms with Gasteiger partial charge in [0.2, 0.25) is 0 Å². The highest BCUT2D eigenvalue weighted by Gasteiger charge is 2.01. The Kier molecular flexibility index (Phi) is 8.29. The predicted octanol–water partition coefficient (Wildman–Crippen LogP) is 5.25. The van der Waals surface area contributed by atoms with Crippen LogP contribution in [0.2, 0.25) is 0 Å². The van der Waals surface area contributed by atoms with Gasteiger partial charge in [-0.05, 0) is 51.3 Å². The van der Waals surface area contributed by atoms with Crippen LogP contribution in [-0.4, -0.2) is 6.72 Å². The minimum absolute atomic E-state index is 0.879. The molecule has 0 saturated heterocycles. The van der Waals surface area contributed by atoms with Crippen LogP contribution in [0.1, 0.15) is 33.3 Å². The highest BCUT2D eigenvalue weighted by Crippen LogP contribution is 2.26. The SMILES string of the molecule is C=Nc1cc(C)ccc1NC(/C=C\C)=C/C.CC. The largest absolute Gasteiger partial charge is 0.354 e. The highest BCUT2D eigenvalue weighted by atomic mass is 14.9. The summed E-state index contributed by atoms with van der Waals surface area (Å²) in [5.74, 6) is 0. The molecule has 0 aliphatic carbocycles. The molecule has 0 aliphatic heterocycles. The van der Waals surface area contributed by atoms with E-state index in [0.29, 0.717) is 0 Å². The van der Waals surface area contributed by atoms with Crippen LogP contribution in [0.5, 0.6) is 0 Å². The molecule has 1 aromatic carbocycles. The summed E-state index contributed by atoms with van der Waals surface area (Å²) in [5.41, 5.74) is 4.09. The minimum atomic E-state index is 0.879. The predicted molar refractivity (Wildman–Crippen MR) is 83.9 cm³/mol. The molecule has 98 valence electrons. The lowest BCUT2D eigenvalue weighted by Gasteiger charge is -2.10. The van der Waals surface area contributed by atoms with Crippen molar-refractivity contribution < 1.29 is 0 Å². The molecule has 0 bridgehead atoms. The molecule has 0 aliphatic rings. The van der Waals surface area contributed by atoms with E-state index < -0.39 is 0 Å². The van der Waals surface area contributed by atoms with Gasteiger partial charge in [-0.3, -0.25) is 4.99 Å². The standard InChI is InChI=1S/C14H18N2.C2H6/c1-5-7-12(6-2)16-13-9-8-11(3)10-14(13)15-4;1-2/h5-10,16H,4H2,1-3H3;1-2H3/b7-5-,12-6+;. The first-order valence-electron chi connectivity index (χ1n) is 6.34. The molecule has 1 N–H and O–H groups in total. The lowest BCUT2D eigenvalue weighted by Crippen LogP contribution is -1.96. The average Bonchev–Trinajstić information content (AvgIpc) is 2.42. The van der Waals surface area contributed by atoms with Gasteiger partial charge in [-0.1, -0.05) is 32.1 Å². The molecule has 0 saturated carbocycles. The van der Waals surface area contributed by atoms with Crippen LogP contribution < -0.4 is 5.32 Å². The topological polar surface area (TPSA) is 24.4 Å². The molecule has 0 heterocycles. The number of anilines is 1. The van der Waals surface area contributed by atoms with Crippen LogP contribution in [0, 0.1) is 6.92 Å². The zero-order chi connectivity index (χ0) is 14.0. The van der Waals surface area contributed by atoms with Gasteiger partial charge in [0.05, 0.1) is 11.4 Å². The molecule has 0 spiro atoms. The van der Waals surface area contributed by atoms with Crippen LogP contribution in [-0.2, 0) is 0 Å². The number of aryl methyl sites for hydroxylation is 1. The molecule has 0 atom stereocenters. The van der Waals surface area contributed by atoms with E-state index in [1.807, 2.05) is 65.0 Å². The zero-order valence-electron chi connectivity index (χ0n) is 12.1. The van der Waals surface area contributed by atoms with Gasteiger partial charge in [0.15, 0.2) is 0 Å². The normalized spacial score (nSPS) is 10.8. The Labute approximate surface area is 111 Å². The molecule has 0 amide bonds. The fourth-order valence-corrected chi connectivity index (χ4v) is 1.42. The van der Waals surface area contributed by atoms with Gasteiger partial charge >= 0.3 is 0 Å². The summed E-state index contributed by atoms with van der Waals surface area (Å²) in [6.07, 6.45) is 6.04. The zero-order valence-corrected chi connectivity index (χ0v) is 12.1. The Morgan fingerprint density at radius 1 is 1.28 bits per heavy atom. The van der Waals surface area contributed by atoms with Crippen molar-refractivity contribution in [1.82, 2.24) is 0 Å². The summed E-state index contributed by atoms with van der Waals surface area (Å²) in [6, 6.07) is 6.09. The number of hydrogen-bond acceptors (Lipinski definition) is 2. The van der Waals surface area contributed by atoms with Crippen LogP contribution in [0.3, 0.4) is 0 Å². The van der Waals surface area contributed by atoms with E-state index in [0.717, 1.165) is 17.1 Å². The third-order valence-electron chi connectivity index (χ3n) is 2.26. The maximum absolute atomic E-state index is 4.02. The van der Waals surface area contributed by atoms with Crippen LogP contribution >= 0.6 is 0 Å². The van der Waals surface area contributed by atoms with Crippen molar-refractivity contribution in [3.63, 3.8) is 0 Å². The van der Waals surface area contributed by atoms with Gasteiger partial charge in [0.1, 0.15) is 0 Å². The molecule has 2 nitrogen and oxygen atoms in total. The van der Waals surface area contributed by atoms with Gasteiger partial charge in [-0.15, -0.1) is 0 Å². The van der Waals surface area contributed by atoms with Crippen LogP contribution in [0.15, 0.2) is 47.1 Å². The van der Waals surface area contributed by atoms with E-state index >= 15 is 0 Å². The molecule has 0 radical (unpaired) electrons. The molecule has 18 heavy (non-hydrogen) atoms. The van der Waals surface area contributed by atoms with Crippen molar-refractivity contribution in [3.8, 4) is 0 Å². The van der Waals surface area contributed by atoms with Gasteiger partial charge in [-0.2, -0.15) is 0 Å². The third-order valence-corrected chi connectivity index (χ3v) is 2.26. The van der Waals surface area contributed by atoms with Gasteiger partial charge in [-0.25, -0.2) is 0 Å². The second-order valence-electron chi connectivity index (χ2n) is 3.55. The summed E-state index contributed by atoms with van der Waals surface area (Å²) in [4.78, 5) is 4.02. The quantitative estimate of drug-likeness (QED) is 0.568. The molecule has 1 aromatic rings. The van der Waals surface area contributed by atoms with E-state index in [4.69, 9.17) is 0 Å². The monoisotopic (exact) mass is 244 g/mol. The van der Waals surface area contributed by atoms with Gasteiger partial charge < -0.3 is 5.32 Å². The summed E-state index contributed by atoms with van der Waals surface area (Å²) < 4.78 is 0. The number of aliphatic imine (C=N–C) groups is 1.